The van der Waals surface area contributed by atoms with Crippen molar-refractivity contribution >= 4 is 53.5 Å². The second kappa shape index (κ2) is 15.9. The van der Waals surface area contributed by atoms with E-state index in [4.69, 9.17) is 10.5 Å². The number of hydrogen-bond donors (Lipinski definition) is 4. The zero-order valence-electron chi connectivity index (χ0n) is 25.9. The number of amides is 3. The molecule has 4 rings (SSSR count). The Labute approximate surface area is 274 Å². The predicted octanol–water partition coefficient (Wildman–Crippen LogP) is 4.84. The van der Waals surface area contributed by atoms with Gasteiger partial charge in [-0.05, 0) is 92.5 Å². The number of nitrogens with two attached hydrogens (primary N) is 1. The fourth-order valence-electron chi connectivity index (χ4n) is 5.13. The first-order chi connectivity index (χ1) is 21.0. The fourth-order valence-corrected chi connectivity index (χ4v) is 5.49. The Morgan fingerprint density at radius 2 is 1.60 bits per heavy atom. The van der Waals surface area contributed by atoms with Gasteiger partial charge in [0, 0.05) is 22.4 Å². The van der Waals surface area contributed by atoms with E-state index in [9.17, 15) is 19.2 Å². The third-order valence-electron chi connectivity index (χ3n) is 8.10. The summed E-state index contributed by atoms with van der Waals surface area (Å²) in [5.41, 5.74) is 10.7. The van der Waals surface area contributed by atoms with Gasteiger partial charge in [-0.25, -0.2) is 4.79 Å². The molecule has 0 spiro atoms. The van der Waals surface area contributed by atoms with Gasteiger partial charge in [0.2, 0.25) is 11.8 Å². The molecule has 11 heteroatoms. The lowest BCUT2D eigenvalue weighted by molar-refractivity contribution is -0.130. The van der Waals surface area contributed by atoms with Crippen LogP contribution in [0.1, 0.15) is 70.1 Å². The molecule has 0 aromatic heterocycles. The highest BCUT2D eigenvalue weighted by Gasteiger charge is 2.34. The smallest absolute Gasteiger partial charge is 0.337 e. The van der Waals surface area contributed by atoms with E-state index < -0.39 is 28.7 Å². The highest BCUT2D eigenvalue weighted by atomic mass is 35.5. The zero-order valence-corrected chi connectivity index (χ0v) is 27.6. The Kier molecular flexibility index (Phi) is 12.6. The zero-order chi connectivity index (χ0) is 31.9. The summed E-state index contributed by atoms with van der Waals surface area (Å²) in [6, 6.07) is 19.6. The number of rotatable bonds is 11. The van der Waals surface area contributed by atoms with Gasteiger partial charge in [0.25, 0.3) is 5.91 Å². The van der Waals surface area contributed by atoms with E-state index in [1.807, 2.05) is 50.4 Å². The van der Waals surface area contributed by atoms with Crippen LogP contribution in [0.4, 0.5) is 5.69 Å². The van der Waals surface area contributed by atoms with Gasteiger partial charge in [0.15, 0.2) is 0 Å². The summed E-state index contributed by atoms with van der Waals surface area (Å²) in [6.07, 6.45) is 4.90. The summed E-state index contributed by atoms with van der Waals surface area (Å²) >= 11 is 1.49. The number of ether oxygens (including phenoxy) is 1. The monoisotopic (exact) mass is 652 g/mol. The molecular formula is C34H41ClN4O5S. The molecule has 1 aliphatic carbocycles. The number of hydrogen-bond acceptors (Lipinski definition) is 7. The Hall–Kier alpha value is -3.86. The SMILES string of the molecule is COC(=O)c1ccc(C(=O)Nc2ccc(C[C@H](NC(=O)[C@@H](N)C(C)(C)SC)C(=O)N[C@@H]3CCCc4ccccc43)cc2)cc1.Cl. The number of nitrogens with one attached hydrogen (secondary N) is 3. The number of aryl methyl sites for hydroxylation is 1. The maximum Gasteiger partial charge on any atom is 0.337 e. The molecule has 1 aliphatic rings. The van der Waals surface area contributed by atoms with Crippen molar-refractivity contribution in [1.82, 2.24) is 10.6 Å². The average Bonchev–Trinajstić information content (AvgIpc) is 3.04. The maximum atomic E-state index is 13.7. The standard InChI is InChI=1S/C34H40N4O5S.ClH/c1-34(2,44-4)29(35)32(41)38-28(31(40)37-27-11-7-9-22-8-5-6-10-26(22)27)20-21-12-18-25(19-13-21)36-30(39)23-14-16-24(17-15-23)33(42)43-3;/h5-6,8,10,12-19,27-29H,7,9,11,20,35H2,1-4H3,(H,36,39)(H,37,40)(H,38,41);1H/t27-,28+,29-;/m1./s1. The van der Waals surface area contributed by atoms with Gasteiger partial charge in [-0.2, -0.15) is 11.8 Å². The van der Waals surface area contributed by atoms with Crippen molar-refractivity contribution in [2.24, 2.45) is 5.73 Å². The summed E-state index contributed by atoms with van der Waals surface area (Å²) in [4.78, 5) is 51.3. The van der Waals surface area contributed by atoms with Crippen molar-refractivity contribution in [3.05, 3.63) is 101 Å². The largest absolute Gasteiger partial charge is 0.465 e. The lowest BCUT2D eigenvalue weighted by Gasteiger charge is -2.31. The lowest BCUT2D eigenvalue weighted by Crippen LogP contribution is -2.57. The van der Waals surface area contributed by atoms with E-state index in [1.54, 1.807) is 24.3 Å². The molecule has 3 atom stereocenters. The molecule has 3 aromatic rings. The van der Waals surface area contributed by atoms with Crippen LogP contribution in [0, 0.1) is 0 Å². The second-order valence-electron chi connectivity index (χ2n) is 11.4. The van der Waals surface area contributed by atoms with Gasteiger partial charge < -0.3 is 26.4 Å². The number of benzene rings is 3. The summed E-state index contributed by atoms with van der Waals surface area (Å²) < 4.78 is 4.17. The maximum absolute atomic E-state index is 13.7. The number of esters is 1. The third kappa shape index (κ3) is 9.09. The number of carbonyl (C=O) groups is 4. The van der Waals surface area contributed by atoms with Crippen LogP contribution in [0.3, 0.4) is 0 Å². The highest BCUT2D eigenvalue weighted by Crippen LogP contribution is 2.30. The van der Waals surface area contributed by atoms with Crippen molar-refractivity contribution in [2.45, 2.75) is 62.4 Å². The van der Waals surface area contributed by atoms with E-state index in [-0.39, 0.29) is 36.7 Å². The molecule has 0 bridgehead atoms. The molecule has 0 aliphatic heterocycles. The van der Waals surface area contributed by atoms with Crippen molar-refractivity contribution in [3.63, 3.8) is 0 Å². The van der Waals surface area contributed by atoms with Gasteiger partial charge >= 0.3 is 5.97 Å². The van der Waals surface area contributed by atoms with Crippen LogP contribution < -0.4 is 21.7 Å². The molecule has 45 heavy (non-hydrogen) atoms. The molecule has 5 N–H and O–H groups in total. The Morgan fingerprint density at radius 1 is 0.956 bits per heavy atom. The molecule has 0 saturated carbocycles. The van der Waals surface area contributed by atoms with Gasteiger partial charge in [0.1, 0.15) is 6.04 Å². The van der Waals surface area contributed by atoms with Crippen LogP contribution in [0.2, 0.25) is 0 Å². The number of methoxy groups -OCH3 is 1. The second-order valence-corrected chi connectivity index (χ2v) is 12.9. The van der Waals surface area contributed by atoms with Crippen LogP contribution >= 0.6 is 24.2 Å². The first-order valence-corrected chi connectivity index (χ1v) is 15.8. The van der Waals surface area contributed by atoms with Crippen molar-refractivity contribution in [3.8, 4) is 0 Å². The van der Waals surface area contributed by atoms with E-state index in [1.165, 1.54) is 36.6 Å². The van der Waals surface area contributed by atoms with Crippen LogP contribution in [-0.4, -0.2) is 53.9 Å². The van der Waals surface area contributed by atoms with Crippen LogP contribution in [-0.2, 0) is 27.2 Å². The van der Waals surface area contributed by atoms with Gasteiger partial charge in [-0.3, -0.25) is 14.4 Å². The minimum Gasteiger partial charge on any atom is -0.465 e. The van der Waals surface area contributed by atoms with Crippen LogP contribution in [0.15, 0.2) is 72.8 Å². The molecule has 3 amide bonds. The van der Waals surface area contributed by atoms with E-state index in [2.05, 4.69) is 22.0 Å². The molecule has 0 saturated heterocycles. The van der Waals surface area contributed by atoms with Gasteiger partial charge in [0.05, 0.1) is 24.8 Å². The molecule has 240 valence electrons. The number of carbonyl (C=O) groups excluding carboxylic acids is 4. The summed E-state index contributed by atoms with van der Waals surface area (Å²) in [5, 5.41) is 8.92. The normalized spacial score (nSPS) is 15.4. The molecule has 0 radical (unpaired) electrons. The van der Waals surface area contributed by atoms with Crippen molar-refractivity contribution < 1.29 is 23.9 Å². The molecule has 9 nitrogen and oxygen atoms in total. The van der Waals surface area contributed by atoms with E-state index in [0.717, 1.165) is 30.4 Å². The first kappa shape index (κ1) is 35.6. The van der Waals surface area contributed by atoms with Crippen LogP contribution in [0.5, 0.6) is 0 Å². The molecular weight excluding hydrogens is 612 g/mol. The summed E-state index contributed by atoms with van der Waals surface area (Å²) in [7, 11) is 1.30. The predicted molar refractivity (Wildman–Crippen MR) is 181 cm³/mol. The third-order valence-corrected chi connectivity index (χ3v) is 9.40. The minimum absolute atomic E-state index is 0. The molecule has 0 fully saturated rings. The topological polar surface area (TPSA) is 140 Å². The van der Waals surface area contributed by atoms with Crippen molar-refractivity contribution in [2.75, 3.05) is 18.7 Å². The van der Waals surface area contributed by atoms with Crippen molar-refractivity contribution in [1.29, 1.82) is 0 Å². The fraction of sp³-hybridized carbons (Fsp3) is 0.353. The van der Waals surface area contributed by atoms with Gasteiger partial charge in [-0.15, -0.1) is 12.4 Å². The molecule has 3 aromatic carbocycles. The molecule has 0 heterocycles. The van der Waals surface area contributed by atoms with Crippen LogP contribution in [0.25, 0.3) is 0 Å². The number of anilines is 1. The number of halogens is 1. The van der Waals surface area contributed by atoms with E-state index >= 15 is 0 Å². The quantitative estimate of drug-likeness (QED) is 0.218. The average molecular weight is 653 g/mol. The van der Waals surface area contributed by atoms with E-state index in [0.29, 0.717) is 16.8 Å². The van der Waals surface area contributed by atoms with Gasteiger partial charge in [-0.1, -0.05) is 36.4 Å². The Morgan fingerprint density at radius 3 is 2.24 bits per heavy atom. The Bertz CT molecular complexity index is 1500. The summed E-state index contributed by atoms with van der Waals surface area (Å²) in [5.74, 6) is -1.48. The lowest BCUT2D eigenvalue weighted by atomic mass is 9.87. The summed E-state index contributed by atoms with van der Waals surface area (Å²) in [6.45, 7) is 3.80. The minimum atomic E-state index is -0.853. The Balaban J connectivity index is 0.00000552. The molecule has 0 unspecified atom stereocenters. The number of thioether (sulfide) groups is 1. The highest BCUT2D eigenvalue weighted by molar-refractivity contribution is 8.00. The first-order valence-electron chi connectivity index (χ1n) is 14.6. The number of fused-ring (bicyclic) bond motifs is 1.